The molecule has 0 spiro atoms. The lowest BCUT2D eigenvalue weighted by atomic mass is 9.84. The lowest BCUT2D eigenvalue weighted by Crippen LogP contribution is -2.44. The Morgan fingerprint density at radius 2 is 1.96 bits per heavy atom. The van der Waals surface area contributed by atoms with Crippen LogP contribution in [-0.2, 0) is 10.0 Å². The molecule has 3 rings (SSSR count). The molecule has 3 N–H and O–H groups in total. The van der Waals surface area contributed by atoms with Gasteiger partial charge in [0.15, 0.2) is 5.76 Å². The number of nitrogens with one attached hydrogen (secondary N) is 1. The van der Waals surface area contributed by atoms with Gasteiger partial charge < -0.3 is 15.5 Å². The first-order chi connectivity index (χ1) is 11.9. The number of amides is 1. The molecule has 0 radical (unpaired) electrons. The monoisotopic (exact) mass is 369 g/mol. The molecule has 1 saturated heterocycles. The zero-order chi connectivity index (χ0) is 18.0. The maximum atomic E-state index is 12.7. The summed E-state index contributed by atoms with van der Waals surface area (Å²) in [6, 6.07) is 1.38. The highest BCUT2D eigenvalue weighted by molar-refractivity contribution is 7.89. The first-order valence-electron chi connectivity index (χ1n) is 9.05. The summed E-state index contributed by atoms with van der Waals surface area (Å²) in [6.45, 7) is 3.17. The van der Waals surface area contributed by atoms with Gasteiger partial charge in [0.1, 0.15) is 10.7 Å². The van der Waals surface area contributed by atoms with E-state index in [4.69, 9.17) is 10.2 Å². The first-order valence-corrected chi connectivity index (χ1v) is 10.5. The summed E-state index contributed by atoms with van der Waals surface area (Å²) in [5.41, 5.74) is 5.80. The van der Waals surface area contributed by atoms with E-state index < -0.39 is 10.0 Å². The van der Waals surface area contributed by atoms with Crippen molar-refractivity contribution in [3.63, 3.8) is 0 Å². The second-order valence-corrected chi connectivity index (χ2v) is 8.91. The van der Waals surface area contributed by atoms with Crippen LogP contribution in [0.1, 0.15) is 54.8 Å². The maximum Gasteiger partial charge on any atom is 0.287 e. The van der Waals surface area contributed by atoms with Crippen molar-refractivity contribution < 1.29 is 17.6 Å². The number of nitrogens with zero attached hydrogens (tertiary/aromatic N) is 1. The van der Waals surface area contributed by atoms with Crippen molar-refractivity contribution in [3.05, 3.63) is 17.6 Å². The van der Waals surface area contributed by atoms with Gasteiger partial charge in [0, 0.05) is 25.2 Å². The molecule has 2 unspecified atom stereocenters. The zero-order valence-electron chi connectivity index (χ0n) is 14.7. The number of aryl methyl sites for hydroxylation is 1. The minimum Gasteiger partial charge on any atom is -0.455 e. The molecule has 1 aromatic heterocycles. The number of nitrogens with two attached hydrogens (primary N) is 1. The smallest absolute Gasteiger partial charge is 0.287 e. The molecule has 1 saturated carbocycles. The third-order valence-corrected chi connectivity index (χ3v) is 7.31. The highest BCUT2D eigenvalue weighted by Crippen LogP contribution is 2.27. The van der Waals surface area contributed by atoms with Crippen molar-refractivity contribution in [2.24, 2.45) is 11.7 Å². The van der Waals surface area contributed by atoms with Crippen LogP contribution >= 0.6 is 0 Å². The Bertz CT molecular complexity index is 722. The molecule has 0 aromatic carbocycles. The van der Waals surface area contributed by atoms with E-state index in [-0.39, 0.29) is 34.3 Å². The van der Waals surface area contributed by atoms with Gasteiger partial charge in [-0.05, 0) is 45.1 Å². The van der Waals surface area contributed by atoms with E-state index in [1.165, 1.54) is 10.4 Å². The van der Waals surface area contributed by atoms with Crippen LogP contribution in [0.5, 0.6) is 0 Å². The van der Waals surface area contributed by atoms with Gasteiger partial charge in [-0.1, -0.05) is 12.8 Å². The van der Waals surface area contributed by atoms with Gasteiger partial charge in [-0.3, -0.25) is 4.79 Å². The second kappa shape index (κ2) is 7.47. The summed E-state index contributed by atoms with van der Waals surface area (Å²) in [5.74, 6) is 0.213. The fraction of sp³-hybridized carbons (Fsp3) is 0.706. The van der Waals surface area contributed by atoms with Gasteiger partial charge >= 0.3 is 0 Å². The topological polar surface area (TPSA) is 106 Å². The van der Waals surface area contributed by atoms with E-state index in [0.29, 0.717) is 19.6 Å². The summed E-state index contributed by atoms with van der Waals surface area (Å²) < 4.78 is 32.3. The summed E-state index contributed by atoms with van der Waals surface area (Å²) in [5, 5.41) is 2.98. The Morgan fingerprint density at radius 1 is 1.28 bits per heavy atom. The number of furan rings is 1. The minimum atomic E-state index is -3.59. The number of sulfonamides is 1. The summed E-state index contributed by atoms with van der Waals surface area (Å²) >= 11 is 0. The quantitative estimate of drug-likeness (QED) is 0.820. The minimum absolute atomic E-state index is 0.0234. The van der Waals surface area contributed by atoms with Gasteiger partial charge in [-0.15, -0.1) is 0 Å². The Balaban J connectivity index is 1.76. The molecular formula is C17H27N3O4S. The average Bonchev–Trinajstić information content (AvgIpc) is 3.25. The number of rotatable bonds is 5. The summed E-state index contributed by atoms with van der Waals surface area (Å²) in [6.07, 6.45) is 5.83. The fourth-order valence-corrected chi connectivity index (χ4v) is 5.50. The second-order valence-electron chi connectivity index (χ2n) is 7.00. The first kappa shape index (κ1) is 18.4. The van der Waals surface area contributed by atoms with Gasteiger partial charge in [0.2, 0.25) is 10.0 Å². The molecule has 1 aromatic rings. The van der Waals surface area contributed by atoms with E-state index in [2.05, 4.69) is 5.32 Å². The third kappa shape index (κ3) is 3.75. The highest BCUT2D eigenvalue weighted by Gasteiger charge is 2.32. The Labute approximate surface area is 149 Å². The van der Waals surface area contributed by atoms with E-state index in [0.717, 1.165) is 38.5 Å². The predicted octanol–water partition coefficient (Wildman–Crippen LogP) is 1.62. The van der Waals surface area contributed by atoms with E-state index >= 15 is 0 Å². The molecule has 0 bridgehead atoms. The molecular weight excluding hydrogens is 342 g/mol. The van der Waals surface area contributed by atoms with Crippen LogP contribution in [-0.4, -0.2) is 44.3 Å². The average molecular weight is 369 g/mol. The SMILES string of the molecule is Cc1oc(C(=O)NC2CCCCC2CN)cc1S(=O)(=O)N1CCCC1. The molecule has 2 atom stereocenters. The molecule has 7 nitrogen and oxygen atoms in total. The molecule has 8 heteroatoms. The Hall–Kier alpha value is -1.38. The molecule has 25 heavy (non-hydrogen) atoms. The van der Waals surface area contributed by atoms with Gasteiger partial charge in [-0.25, -0.2) is 8.42 Å². The lowest BCUT2D eigenvalue weighted by Gasteiger charge is -2.30. The largest absolute Gasteiger partial charge is 0.455 e. The summed E-state index contributed by atoms with van der Waals surface area (Å²) in [4.78, 5) is 12.6. The van der Waals surface area contributed by atoms with Crippen LogP contribution in [0.25, 0.3) is 0 Å². The molecule has 140 valence electrons. The zero-order valence-corrected chi connectivity index (χ0v) is 15.5. The van der Waals surface area contributed by atoms with E-state index in [1.807, 2.05) is 0 Å². The van der Waals surface area contributed by atoms with Gasteiger partial charge in [0.05, 0.1) is 0 Å². The molecule has 2 heterocycles. The van der Waals surface area contributed by atoms with Gasteiger partial charge in [-0.2, -0.15) is 4.31 Å². The molecule has 2 aliphatic rings. The molecule has 1 aliphatic heterocycles. The Morgan fingerprint density at radius 3 is 2.64 bits per heavy atom. The highest BCUT2D eigenvalue weighted by atomic mass is 32.2. The van der Waals surface area contributed by atoms with Crippen LogP contribution < -0.4 is 11.1 Å². The van der Waals surface area contributed by atoms with Gasteiger partial charge in [0.25, 0.3) is 5.91 Å². The third-order valence-electron chi connectivity index (χ3n) is 5.31. The van der Waals surface area contributed by atoms with E-state index in [1.54, 1.807) is 6.92 Å². The number of carbonyl (C=O) groups excluding carboxylic acids is 1. The summed E-state index contributed by atoms with van der Waals surface area (Å²) in [7, 11) is -3.59. The van der Waals surface area contributed by atoms with Crippen molar-refractivity contribution >= 4 is 15.9 Å². The predicted molar refractivity (Wildman–Crippen MR) is 93.7 cm³/mol. The molecule has 2 fully saturated rings. The van der Waals surface area contributed by atoms with Crippen molar-refractivity contribution in [3.8, 4) is 0 Å². The van der Waals surface area contributed by atoms with Crippen LogP contribution in [0.2, 0.25) is 0 Å². The Kier molecular flexibility index (Phi) is 5.50. The molecule has 1 amide bonds. The van der Waals surface area contributed by atoms with Crippen LogP contribution in [0, 0.1) is 12.8 Å². The van der Waals surface area contributed by atoms with Crippen molar-refractivity contribution in [1.82, 2.24) is 9.62 Å². The number of hydrogen-bond donors (Lipinski definition) is 2. The maximum absolute atomic E-state index is 12.7. The van der Waals surface area contributed by atoms with Crippen molar-refractivity contribution in [2.75, 3.05) is 19.6 Å². The van der Waals surface area contributed by atoms with Crippen molar-refractivity contribution in [1.29, 1.82) is 0 Å². The number of carbonyl (C=O) groups is 1. The fourth-order valence-electron chi connectivity index (χ4n) is 3.82. The van der Waals surface area contributed by atoms with Crippen LogP contribution in [0.15, 0.2) is 15.4 Å². The van der Waals surface area contributed by atoms with Crippen LogP contribution in [0.4, 0.5) is 0 Å². The standard InChI is InChI=1S/C17H27N3O4S/c1-12-16(25(22,23)20-8-4-5-9-20)10-15(24-12)17(21)19-14-7-3-2-6-13(14)11-18/h10,13-14H,2-9,11,18H2,1H3,(H,19,21). The molecule has 1 aliphatic carbocycles. The normalized spacial score (nSPS) is 25.2. The lowest BCUT2D eigenvalue weighted by molar-refractivity contribution is 0.0878. The van der Waals surface area contributed by atoms with E-state index in [9.17, 15) is 13.2 Å². The van der Waals surface area contributed by atoms with Crippen molar-refractivity contribution in [2.45, 2.75) is 56.4 Å². The van der Waals surface area contributed by atoms with Crippen LogP contribution in [0.3, 0.4) is 0 Å². The number of hydrogen-bond acceptors (Lipinski definition) is 5.